The Kier molecular flexibility index (Phi) is 6.94. The molecule has 0 aliphatic heterocycles. The quantitative estimate of drug-likeness (QED) is 0.210. The predicted molar refractivity (Wildman–Crippen MR) is 115 cm³/mol. The molecule has 2 aromatic heterocycles. The standard InChI is InChI=1S/C18H10N12S2/c19-1-7-11(5-23)17(29-13(7)25)31-15(27)9(3-21)10(4-22)16(28)32-18-12(6-24)8(2-20)14(26)30-18/h29-30H,25-28H2/b15-9-,16-10-. The third-order valence-electron chi connectivity index (χ3n) is 3.83. The minimum absolute atomic E-state index is 0.0503. The number of rotatable bonds is 5. The molecule has 154 valence electrons. The minimum atomic E-state index is -0.309. The number of allylic oxidation sites excluding steroid dienone is 2. The second-order valence-electron chi connectivity index (χ2n) is 5.59. The van der Waals surface area contributed by atoms with Gasteiger partial charge in [-0.2, -0.15) is 31.6 Å². The van der Waals surface area contributed by atoms with Gasteiger partial charge in [0.25, 0.3) is 0 Å². The van der Waals surface area contributed by atoms with Gasteiger partial charge in [0.1, 0.15) is 81.5 Å². The fourth-order valence-electron chi connectivity index (χ4n) is 2.38. The van der Waals surface area contributed by atoms with E-state index in [0.29, 0.717) is 23.5 Å². The zero-order valence-corrected chi connectivity index (χ0v) is 17.4. The zero-order chi connectivity index (χ0) is 24.0. The maximum absolute atomic E-state index is 9.58. The van der Waals surface area contributed by atoms with Gasteiger partial charge in [0.15, 0.2) is 0 Å². The van der Waals surface area contributed by atoms with E-state index in [9.17, 15) is 21.0 Å². The molecule has 0 spiro atoms. The summed E-state index contributed by atoms with van der Waals surface area (Å²) >= 11 is 1.43. The van der Waals surface area contributed by atoms with Crippen LogP contribution in [-0.4, -0.2) is 9.97 Å². The first-order valence-corrected chi connectivity index (χ1v) is 9.70. The molecule has 32 heavy (non-hydrogen) atoms. The highest BCUT2D eigenvalue weighted by atomic mass is 32.2. The van der Waals surface area contributed by atoms with Crippen molar-refractivity contribution in [2.24, 2.45) is 11.5 Å². The lowest BCUT2D eigenvalue weighted by Crippen LogP contribution is -2.05. The number of nitriles is 6. The van der Waals surface area contributed by atoms with Crippen molar-refractivity contribution in [3.05, 3.63) is 43.5 Å². The number of hydrogen-bond acceptors (Lipinski definition) is 12. The van der Waals surface area contributed by atoms with E-state index in [1.165, 1.54) is 0 Å². The molecule has 0 radical (unpaired) electrons. The van der Waals surface area contributed by atoms with E-state index in [1.54, 1.807) is 24.3 Å². The molecule has 0 atom stereocenters. The Hall–Kier alpha value is -5.12. The first-order valence-electron chi connectivity index (χ1n) is 8.06. The van der Waals surface area contributed by atoms with Crippen molar-refractivity contribution in [1.82, 2.24) is 9.97 Å². The van der Waals surface area contributed by atoms with Crippen molar-refractivity contribution >= 4 is 35.2 Å². The maximum atomic E-state index is 9.58. The van der Waals surface area contributed by atoms with Crippen LogP contribution in [0.1, 0.15) is 22.3 Å². The summed E-state index contributed by atoms with van der Waals surface area (Å²) in [5.74, 6) is -0.101. The van der Waals surface area contributed by atoms with E-state index in [2.05, 4.69) is 9.97 Å². The monoisotopic (exact) mass is 458 g/mol. The summed E-state index contributed by atoms with van der Waals surface area (Å²) in [6.07, 6.45) is 0. The van der Waals surface area contributed by atoms with Crippen LogP contribution in [0.25, 0.3) is 0 Å². The van der Waals surface area contributed by atoms with Gasteiger partial charge < -0.3 is 32.9 Å². The highest BCUT2D eigenvalue weighted by molar-refractivity contribution is 8.03. The number of thioether (sulfide) groups is 2. The lowest BCUT2D eigenvalue weighted by atomic mass is 10.1. The van der Waals surface area contributed by atoms with E-state index in [0.717, 1.165) is 0 Å². The van der Waals surface area contributed by atoms with Gasteiger partial charge in [-0.1, -0.05) is 23.5 Å². The molecule has 0 aliphatic carbocycles. The Balaban J connectivity index is 2.56. The third kappa shape index (κ3) is 4.09. The number of hydrogen-bond donors (Lipinski definition) is 6. The van der Waals surface area contributed by atoms with Crippen LogP contribution < -0.4 is 22.9 Å². The Morgan fingerprint density at radius 3 is 1.16 bits per heavy atom. The first kappa shape index (κ1) is 23.2. The van der Waals surface area contributed by atoms with E-state index < -0.39 is 0 Å². The fraction of sp³-hybridized carbons (Fsp3) is 0. The topological polar surface area (TPSA) is 278 Å². The number of nitrogens with zero attached hydrogens (tertiary/aromatic N) is 6. The number of nitrogens with one attached hydrogen (secondary N) is 2. The number of aromatic nitrogens is 2. The second kappa shape index (κ2) is 9.59. The Labute approximate surface area is 189 Å². The largest absolute Gasteiger partial charge is 0.392 e. The van der Waals surface area contributed by atoms with Crippen molar-refractivity contribution in [3.63, 3.8) is 0 Å². The van der Waals surface area contributed by atoms with Gasteiger partial charge in [-0.05, 0) is 0 Å². The highest BCUT2D eigenvalue weighted by Gasteiger charge is 2.22. The Morgan fingerprint density at radius 2 is 0.906 bits per heavy atom. The van der Waals surface area contributed by atoms with E-state index >= 15 is 0 Å². The van der Waals surface area contributed by atoms with E-state index in [4.69, 9.17) is 33.5 Å². The molecule has 0 saturated heterocycles. The van der Waals surface area contributed by atoms with Crippen LogP contribution in [-0.2, 0) is 0 Å². The van der Waals surface area contributed by atoms with Gasteiger partial charge in [0.2, 0.25) is 0 Å². The van der Waals surface area contributed by atoms with Crippen LogP contribution in [0.3, 0.4) is 0 Å². The van der Waals surface area contributed by atoms with Gasteiger partial charge in [0, 0.05) is 0 Å². The van der Waals surface area contributed by atoms with Gasteiger partial charge in [-0.3, -0.25) is 0 Å². The van der Waals surface area contributed by atoms with Gasteiger partial charge in [-0.25, -0.2) is 0 Å². The Bertz CT molecular complexity index is 1320. The van der Waals surface area contributed by atoms with E-state index in [-0.39, 0.29) is 65.1 Å². The molecular formula is C18H10N12S2. The Morgan fingerprint density at radius 1 is 0.594 bits per heavy atom. The molecule has 0 bridgehead atoms. The van der Waals surface area contributed by atoms with Crippen LogP contribution in [0, 0.1) is 68.0 Å². The van der Waals surface area contributed by atoms with Gasteiger partial charge >= 0.3 is 0 Å². The smallest absolute Gasteiger partial charge is 0.121 e. The third-order valence-corrected chi connectivity index (χ3v) is 5.70. The first-order chi connectivity index (χ1) is 15.3. The number of nitrogen functional groups attached to an aromatic ring is 2. The van der Waals surface area contributed by atoms with Crippen molar-refractivity contribution in [1.29, 1.82) is 31.6 Å². The summed E-state index contributed by atoms with van der Waals surface area (Å²) in [6.45, 7) is 0. The maximum Gasteiger partial charge on any atom is 0.121 e. The van der Waals surface area contributed by atoms with Crippen LogP contribution in [0.4, 0.5) is 11.6 Å². The van der Waals surface area contributed by atoms with Crippen molar-refractivity contribution in [3.8, 4) is 36.4 Å². The summed E-state index contributed by atoms with van der Waals surface area (Å²) in [5, 5.41) is 55.8. The summed E-state index contributed by atoms with van der Waals surface area (Å²) in [6, 6.07) is 10.8. The summed E-state index contributed by atoms with van der Waals surface area (Å²) in [7, 11) is 0. The molecule has 0 aliphatic rings. The normalized spacial score (nSPS) is 11.4. The second-order valence-corrected chi connectivity index (χ2v) is 7.69. The zero-order valence-electron chi connectivity index (χ0n) is 15.8. The number of aromatic amines is 2. The van der Waals surface area contributed by atoms with Gasteiger partial charge in [-0.15, -0.1) is 0 Å². The average molecular weight is 458 g/mol. The molecule has 0 unspecified atom stereocenters. The molecule has 0 amide bonds. The van der Waals surface area contributed by atoms with Gasteiger partial charge in [0.05, 0.1) is 20.1 Å². The summed E-state index contributed by atoms with van der Waals surface area (Å²) in [4.78, 5) is 5.27. The van der Waals surface area contributed by atoms with E-state index in [1.807, 2.05) is 12.1 Å². The molecular weight excluding hydrogens is 448 g/mol. The predicted octanol–water partition coefficient (Wildman–Crippen LogP) is 1.27. The molecule has 0 saturated carbocycles. The molecule has 2 aromatic rings. The van der Waals surface area contributed by atoms with Crippen molar-refractivity contribution in [2.75, 3.05) is 11.5 Å². The highest BCUT2D eigenvalue weighted by Crippen LogP contribution is 2.36. The molecule has 0 aromatic carbocycles. The molecule has 12 nitrogen and oxygen atoms in total. The van der Waals surface area contributed by atoms with Crippen LogP contribution in [0.5, 0.6) is 0 Å². The SMILES string of the molecule is N#CC(=C(\N)Sc1[nH]c(N)c(C#N)c1C#N)/C(C#N)=C(/N)Sc1[nH]c(N)c(C#N)c1C#N. The van der Waals surface area contributed by atoms with Crippen LogP contribution in [0.15, 0.2) is 31.3 Å². The minimum Gasteiger partial charge on any atom is -0.392 e. The lowest BCUT2D eigenvalue weighted by Gasteiger charge is -2.07. The molecule has 2 heterocycles. The fourth-order valence-corrected chi connectivity index (χ4v) is 4.14. The molecule has 10 N–H and O–H groups in total. The molecule has 0 fully saturated rings. The lowest BCUT2D eigenvalue weighted by molar-refractivity contribution is 1.19. The number of anilines is 2. The van der Waals surface area contributed by atoms with Crippen LogP contribution in [0.2, 0.25) is 0 Å². The number of nitrogens with two attached hydrogens (primary N) is 4. The average Bonchev–Trinajstić information content (AvgIpc) is 3.24. The van der Waals surface area contributed by atoms with Crippen molar-refractivity contribution in [2.45, 2.75) is 10.1 Å². The number of H-pyrrole nitrogens is 2. The van der Waals surface area contributed by atoms with Crippen LogP contribution >= 0.6 is 23.5 Å². The van der Waals surface area contributed by atoms with Crippen molar-refractivity contribution < 1.29 is 0 Å². The molecule has 14 heteroatoms. The summed E-state index contributed by atoms with van der Waals surface area (Å²) in [5.41, 5.74) is 22.4. The molecule has 2 rings (SSSR count). The summed E-state index contributed by atoms with van der Waals surface area (Å²) < 4.78 is 0.